The molecule has 2 aromatic heterocycles. The van der Waals surface area contributed by atoms with E-state index in [2.05, 4.69) is 0 Å². The van der Waals surface area contributed by atoms with E-state index >= 15 is 0 Å². The minimum Gasteiger partial charge on any atom is -0.493 e. The lowest BCUT2D eigenvalue weighted by atomic mass is 9.99. The molecular formula is C23H18O6S. The summed E-state index contributed by atoms with van der Waals surface area (Å²) in [6.45, 7) is 0. The maximum absolute atomic E-state index is 12.3. The van der Waals surface area contributed by atoms with Crippen molar-refractivity contribution in [3.63, 3.8) is 0 Å². The highest BCUT2D eigenvalue weighted by molar-refractivity contribution is 7.14. The van der Waals surface area contributed by atoms with Gasteiger partial charge in [-0.1, -0.05) is 24.3 Å². The number of hydrogen-bond donors (Lipinski definition) is 0. The molecule has 0 saturated heterocycles. The van der Waals surface area contributed by atoms with E-state index in [0.717, 1.165) is 22.3 Å². The molecule has 4 rings (SSSR count). The molecule has 0 spiro atoms. The fourth-order valence-electron chi connectivity index (χ4n) is 3.47. The van der Waals surface area contributed by atoms with Crippen LogP contribution in [-0.2, 0) is 0 Å². The van der Waals surface area contributed by atoms with E-state index in [9.17, 15) is 9.59 Å². The van der Waals surface area contributed by atoms with Crippen molar-refractivity contribution in [2.24, 2.45) is 0 Å². The van der Waals surface area contributed by atoms with E-state index in [0.29, 0.717) is 39.3 Å². The Balaban J connectivity index is 1.94. The molecule has 7 heteroatoms. The van der Waals surface area contributed by atoms with E-state index in [4.69, 9.17) is 18.6 Å². The van der Waals surface area contributed by atoms with Crippen molar-refractivity contribution >= 4 is 28.6 Å². The fourth-order valence-corrected chi connectivity index (χ4v) is 4.35. The van der Waals surface area contributed by atoms with Crippen LogP contribution in [0.3, 0.4) is 0 Å². The largest absolute Gasteiger partial charge is 0.493 e. The first-order chi connectivity index (χ1) is 14.6. The number of hydrogen-bond acceptors (Lipinski definition) is 7. The zero-order valence-electron chi connectivity index (χ0n) is 16.6. The van der Waals surface area contributed by atoms with E-state index in [1.807, 2.05) is 29.6 Å². The van der Waals surface area contributed by atoms with Crippen LogP contribution in [0.2, 0.25) is 0 Å². The van der Waals surface area contributed by atoms with Crippen molar-refractivity contribution < 1.29 is 23.4 Å². The number of benzene rings is 2. The predicted molar refractivity (Wildman–Crippen MR) is 116 cm³/mol. The standard InChI is InChI=1S/C23H18O6S/c1-26-18-11-17-20(22(28-3)21(18)27-2)16(10-19(25)29-17)13-4-6-14(7-5-13)23-15(12-24)8-9-30-23/h4-12H,1-3H3. The van der Waals surface area contributed by atoms with Crippen molar-refractivity contribution in [1.29, 1.82) is 0 Å². The van der Waals surface area contributed by atoms with Crippen LogP contribution < -0.4 is 19.8 Å². The smallest absolute Gasteiger partial charge is 0.336 e. The number of rotatable bonds is 6. The number of thiophene rings is 1. The Bertz CT molecular complexity index is 1280. The second-order valence-corrected chi connectivity index (χ2v) is 7.31. The van der Waals surface area contributed by atoms with Crippen LogP contribution in [0.4, 0.5) is 0 Å². The predicted octanol–water partition coefficient (Wildman–Crippen LogP) is 5.03. The lowest BCUT2D eigenvalue weighted by molar-refractivity contribution is 0.112. The van der Waals surface area contributed by atoms with Gasteiger partial charge in [-0.2, -0.15) is 0 Å². The number of methoxy groups -OCH3 is 3. The van der Waals surface area contributed by atoms with Gasteiger partial charge in [-0.05, 0) is 22.6 Å². The first-order valence-corrected chi connectivity index (χ1v) is 9.89. The molecule has 0 saturated carbocycles. The van der Waals surface area contributed by atoms with Crippen molar-refractivity contribution in [3.8, 4) is 38.8 Å². The number of carbonyl (C=O) groups is 1. The molecule has 2 aromatic carbocycles. The van der Waals surface area contributed by atoms with Crippen LogP contribution in [0.25, 0.3) is 32.5 Å². The zero-order valence-corrected chi connectivity index (χ0v) is 17.4. The summed E-state index contributed by atoms with van der Waals surface area (Å²) in [6, 6.07) is 12.5. The highest BCUT2D eigenvalue weighted by atomic mass is 32.1. The molecule has 2 heterocycles. The third kappa shape index (κ3) is 3.23. The summed E-state index contributed by atoms with van der Waals surface area (Å²) in [5, 5.41) is 2.49. The number of ether oxygens (including phenoxy) is 3. The molecule has 0 unspecified atom stereocenters. The highest BCUT2D eigenvalue weighted by Crippen LogP contribution is 2.46. The number of carbonyl (C=O) groups excluding carboxylic acids is 1. The summed E-state index contributed by atoms with van der Waals surface area (Å²) in [4.78, 5) is 24.4. The lowest BCUT2D eigenvalue weighted by Crippen LogP contribution is -2.02. The molecule has 0 N–H and O–H groups in total. The quantitative estimate of drug-likeness (QED) is 0.321. The Morgan fingerprint density at radius 3 is 2.23 bits per heavy atom. The average Bonchev–Trinajstić information content (AvgIpc) is 3.26. The molecule has 152 valence electrons. The first kappa shape index (κ1) is 19.7. The summed E-state index contributed by atoms with van der Waals surface area (Å²) >= 11 is 1.50. The van der Waals surface area contributed by atoms with Gasteiger partial charge < -0.3 is 18.6 Å². The second-order valence-electron chi connectivity index (χ2n) is 6.40. The molecule has 0 atom stereocenters. The summed E-state index contributed by atoms with van der Waals surface area (Å²) in [7, 11) is 4.54. The summed E-state index contributed by atoms with van der Waals surface area (Å²) in [6.07, 6.45) is 0.847. The Kier molecular flexibility index (Phi) is 5.29. The SMILES string of the molecule is COc1cc2oc(=O)cc(-c3ccc(-c4sccc4C=O)cc3)c2c(OC)c1OC. The van der Waals surface area contributed by atoms with Crippen molar-refractivity contribution in [2.75, 3.05) is 21.3 Å². The molecule has 0 amide bonds. The van der Waals surface area contributed by atoms with Gasteiger partial charge in [0.25, 0.3) is 0 Å². The van der Waals surface area contributed by atoms with Gasteiger partial charge in [0, 0.05) is 28.1 Å². The van der Waals surface area contributed by atoms with Gasteiger partial charge in [0.1, 0.15) is 5.58 Å². The van der Waals surface area contributed by atoms with E-state index < -0.39 is 5.63 Å². The Morgan fingerprint density at radius 1 is 0.900 bits per heavy atom. The minimum absolute atomic E-state index is 0.331. The molecule has 0 bridgehead atoms. The zero-order chi connectivity index (χ0) is 21.3. The molecule has 0 aliphatic rings. The van der Waals surface area contributed by atoms with Crippen LogP contribution >= 0.6 is 11.3 Å². The minimum atomic E-state index is -0.489. The van der Waals surface area contributed by atoms with Crippen LogP contribution in [0, 0.1) is 0 Å². The average molecular weight is 422 g/mol. The van der Waals surface area contributed by atoms with Gasteiger partial charge in [-0.25, -0.2) is 4.79 Å². The van der Waals surface area contributed by atoms with Gasteiger partial charge in [-0.3, -0.25) is 4.79 Å². The normalized spacial score (nSPS) is 10.8. The number of aldehydes is 1. The topological polar surface area (TPSA) is 75.0 Å². The summed E-state index contributed by atoms with van der Waals surface area (Å²) in [5.74, 6) is 1.22. The van der Waals surface area contributed by atoms with E-state index in [-0.39, 0.29) is 0 Å². The van der Waals surface area contributed by atoms with E-state index in [1.54, 1.807) is 12.1 Å². The van der Waals surface area contributed by atoms with Crippen molar-refractivity contribution in [1.82, 2.24) is 0 Å². The van der Waals surface area contributed by atoms with Gasteiger partial charge >= 0.3 is 5.63 Å². The number of fused-ring (bicyclic) bond motifs is 1. The van der Waals surface area contributed by atoms with Crippen LogP contribution in [0.15, 0.2) is 57.1 Å². The molecule has 0 radical (unpaired) electrons. The molecule has 6 nitrogen and oxygen atoms in total. The third-order valence-electron chi connectivity index (χ3n) is 4.82. The summed E-state index contributed by atoms with van der Waals surface area (Å²) in [5.41, 5.74) is 2.86. The molecule has 30 heavy (non-hydrogen) atoms. The Morgan fingerprint density at radius 2 is 1.60 bits per heavy atom. The molecular weight excluding hydrogens is 404 g/mol. The van der Waals surface area contributed by atoms with Gasteiger partial charge in [-0.15, -0.1) is 11.3 Å². The molecule has 0 aliphatic carbocycles. The van der Waals surface area contributed by atoms with Gasteiger partial charge in [0.05, 0.1) is 26.7 Å². The maximum atomic E-state index is 12.3. The van der Waals surface area contributed by atoms with Crippen LogP contribution in [0.1, 0.15) is 10.4 Å². The lowest BCUT2D eigenvalue weighted by Gasteiger charge is -2.16. The Hall–Kier alpha value is -3.58. The first-order valence-electron chi connectivity index (χ1n) is 9.01. The third-order valence-corrected chi connectivity index (χ3v) is 5.80. The summed E-state index contributed by atoms with van der Waals surface area (Å²) < 4.78 is 21.9. The van der Waals surface area contributed by atoms with Gasteiger partial charge in [0.15, 0.2) is 17.8 Å². The van der Waals surface area contributed by atoms with E-state index in [1.165, 1.54) is 38.7 Å². The molecule has 4 aromatic rings. The monoisotopic (exact) mass is 422 g/mol. The van der Waals surface area contributed by atoms with Crippen molar-refractivity contribution in [3.05, 3.63) is 63.8 Å². The van der Waals surface area contributed by atoms with Gasteiger partial charge in [0.2, 0.25) is 5.75 Å². The maximum Gasteiger partial charge on any atom is 0.336 e. The highest BCUT2D eigenvalue weighted by Gasteiger charge is 2.21. The van der Waals surface area contributed by atoms with Crippen LogP contribution in [0.5, 0.6) is 17.2 Å². The second kappa shape index (κ2) is 8.04. The van der Waals surface area contributed by atoms with Crippen LogP contribution in [-0.4, -0.2) is 27.6 Å². The molecule has 0 aliphatic heterocycles. The fraction of sp³-hybridized carbons (Fsp3) is 0.130. The molecule has 0 fully saturated rings. The Labute approximate surface area is 176 Å². The van der Waals surface area contributed by atoms with Crippen molar-refractivity contribution in [2.45, 2.75) is 0 Å².